The second kappa shape index (κ2) is 7.39. The molecule has 8 heteroatoms. The lowest BCUT2D eigenvalue weighted by Gasteiger charge is -2.35. The number of hydrogen-bond donors (Lipinski definition) is 2. The lowest BCUT2D eigenvalue weighted by atomic mass is 10.2. The number of nitrogens with zero attached hydrogens (tertiary/aromatic N) is 1. The van der Waals surface area contributed by atoms with Gasteiger partial charge in [0.2, 0.25) is 15.9 Å². The lowest BCUT2D eigenvalue weighted by Crippen LogP contribution is -2.46. The van der Waals surface area contributed by atoms with Crippen LogP contribution in [-0.2, 0) is 19.6 Å². The van der Waals surface area contributed by atoms with Crippen molar-refractivity contribution in [3.05, 3.63) is 24.3 Å². The highest BCUT2D eigenvalue weighted by molar-refractivity contribution is 7.89. The highest BCUT2D eigenvalue weighted by atomic mass is 32.2. The molecule has 1 heterocycles. The third-order valence-electron chi connectivity index (χ3n) is 3.62. The molecule has 2 atom stereocenters. The monoisotopic (exact) mass is 341 g/mol. The number of rotatable bonds is 5. The van der Waals surface area contributed by atoms with Gasteiger partial charge in [0.05, 0.1) is 17.1 Å². The summed E-state index contributed by atoms with van der Waals surface area (Å²) in [6, 6.07) is 5.79. The van der Waals surface area contributed by atoms with Crippen LogP contribution < -0.4 is 10.5 Å². The number of nitrogens with two attached hydrogens (primary N) is 1. The number of ether oxygens (including phenoxy) is 1. The van der Waals surface area contributed by atoms with Crippen molar-refractivity contribution >= 4 is 21.6 Å². The molecule has 0 spiro atoms. The maximum atomic E-state index is 12.0. The van der Waals surface area contributed by atoms with Crippen LogP contribution >= 0.6 is 0 Å². The molecular formula is C15H23N3O4S. The van der Waals surface area contributed by atoms with Gasteiger partial charge in [-0.1, -0.05) is 0 Å². The van der Waals surface area contributed by atoms with Gasteiger partial charge >= 0.3 is 0 Å². The number of nitrogens with one attached hydrogen (secondary N) is 1. The number of carbonyl (C=O) groups is 1. The van der Waals surface area contributed by atoms with E-state index in [1.165, 1.54) is 24.3 Å². The van der Waals surface area contributed by atoms with Crippen molar-refractivity contribution in [2.24, 2.45) is 5.14 Å². The van der Waals surface area contributed by atoms with Gasteiger partial charge in [0, 0.05) is 31.7 Å². The Morgan fingerprint density at radius 2 is 1.83 bits per heavy atom. The van der Waals surface area contributed by atoms with E-state index >= 15 is 0 Å². The Morgan fingerprint density at radius 3 is 2.35 bits per heavy atom. The molecule has 23 heavy (non-hydrogen) atoms. The van der Waals surface area contributed by atoms with Gasteiger partial charge in [-0.25, -0.2) is 13.6 Å². The summed E-state index contributed by atoms with van der Waals surface area (Å²) in [5, 5.41) is 7.78. The fourth-order valence-electron chi connectivity index (χ4n) is 2.68. The Labute approximate surface area is 136 Å². The van der Waals surface area contributed by atoms with Crippen molar-refractivity contribution in [1.29, 1.82) is 0 Å². The number of primary sulfonamides is 1. The van der Waals surface area contributed by atoms with Crippen molar-refractivity contribution in [3.8, 4) is 0 Å². The quantitative estimate of drug-likeness (QED) is 0.824. The van der Waals surface area contributed by atoms with Crippen LogP contribution in [0.15, 0.2) is 29.2 Å². The SMILES string of the molecule is C[C@H]1CN(CCC(=O)Nc2ccc(S(N)(=O)=O)cc2)C[C@H](C)O1. The van der Waals surface area contributed by atoms with E-state index in [-0.39, 0.29) is 23.0 Å². The summed E-state index contributed by atoms with van der Waals surface area (Å²) in [7, 11) is -3.71. The van der Waals surface area contributed by atoms with Crippen LogP contribution in [0.25, 0.3) is 0 Å². The smallest absolute Gasteiger partial charge is 0.238 e. The number of sulfonamides is 1. The first-order chi connectivity index (χ1) is 10.7. The Balaban J connectivity index is 1.83. The van der Waals surface area contributed by atoms with Gasteiger partial charge in [0.25, 0.3) is 0 Å². The standard InChI is InChI=1S/C15H23N3O4S/c1-11-9-18(10-12(2)22-11)8-7-15(19)17-13-3-5-14(6-4-13)23(16,20)21/h3-6,11-12H,7-10H2,1-2H3,(H,17,19)(H2,16,20,21)/t11-,12-/m0/s1. The van der Waals surface area contributed by atoms with Crippen LogP contribution in [0, 0.1) is 0 Å². The average Bonchev–Trinajstić information content (AvgIpc) is 2.44. The van der Waals surface area contributed by atoms with E-state index in [1.54, 1.807) is 0 Å². The zero-order chi connectivity index (χ0) is 17.0. The van der Waals surface area contributed by atoms with Crippen molar-refractivity contribution in [2.45, 2.75) is 37.4 Å². The number of hydrogen-bond acceptors (Lipinski definition) is 5. The minimum atomic E-state index is -3.71. The lowest BCUT2D eigenvalue weighted by molar-refractivity contribution is -0.117. The molecule has 7 nitrogen and oxygen atoms in total. The normalized spacial score (nSPS) is 22.7. The van der Waals surface area contributed by atoms with E-state index in [0.717, 1.165) is 13.1 Å². The Hall–Kier alpha value is -1.48. The van der Waals surface area contributed by atoms with Crippen LogP contribution in [0.5, 0.6) is 0 Å². The summed E-state index contributed by atoms with van der Waals surface area (Å²) >= 11 is 0. The molecule has 0 saturated carbocycles. The van der Waals surface area contributed by atoms with Gasteiger partial charge in [-0.3, -0.25) is 9.69 Å². The summed E-state index contributed by atoms with van der Waals surface area (Å²) in [4.78, 5) is 14.2. The molecule has 1 fully saturated rings. The van der Waals surface area contributed by atoms with Crippen LogP contribution in [0.2, 0.25) is 0 Å². The molecule has 0 unspecified atom stereocenters. The molecule has 2 rings (SSSR count). The molecule has 1 amide bonds. The van der Waals surface area contributed by atoms with Gasteiger partial charge in [-0.2, -0.15) is 0 Å². The van der Waals surface area contributed by atoms with Crippen LogP contribution in [0.4, 0.5) is 5.69 Å². The zero-order valence-corrected chi connectivity index (χ0v) is 14.2. The Morgan fingerprint density at radius 1 is 1.26 bits per heavy atom. The fourth-order valence-corrected chi connectivity index (χ4v) is 3.19. The molecule has 0 bridgehead atoms. The summed E-state index contributed by atoms with van der Waals surface area (Å²) in [5.41, 5.74) is 0.547. The second-order valence-corrected chi connectivity index (χ2v) is 7.45. The van der Waals surface area contributed by atoms with E-state index < -0.39 is 10.0 Å². The highest BCUT2D eigenvalue weighted by Gasteiger charge is 2.22. The van der Waals surface area contributed by atoms with E-state index in [0.29, 0.717) is 18.7 Å². The predicted molar refractivity (Wildman–Crippen MR) is 87.5 cm³/mol. The van der Waals surface area contributed by atoms with Crippen molar-refractivity contribution < 1.29 is 17.9 Å². The maximum Gasteiger partial charge on any atom is 0.238 e. The summed E-state index contributed by atoms with van der Waals surface area (Å²) in [5.74, 6) is -0.111. The van der Waals surface area contributed by atoms with Crippen molar-refractivity contribution in [1.82, 2.24) is 4.90 Å². The van der Waals surface area contributed by atoms with E-state index in [1.807, 2.05) is 13.8 Å². The highest BCUT2D eigenvalue weighted by Crippen LogP contribution is 2.14. The van der Waals surface area contributed by atoms with Crippen molar-refractivity contribution in [2.75, 3.05) is 25.0 Å². The third-order valence-corrected chi connectivity index (χ3v) is 4.55. The summed E-state index contributed by atoms with van der Waals surface area (Å²) < 4.78 is 28.0. The largest absolute Gasteiger partial charge is 0.373 e. The molecule has 1 aliphatic rings. The van der Waals surface area contributed by atoms with Crippen LogP contribution in [-0.4, -0.2) is 51.1 Å². The number of morpholine rings is 1. The Bertz CT molecular complexity index is 635. The molecule has 1 aliphatic heterocycles. The first-order valence-electron chi connectivity index (χ1n) is 7.54. The van der Waals surface area contributed by atoms with E-state index in [9.17, 15) is 13.2 Å². The second-order valence-electron chi connectivity index (χ2n) is 5.88. The number of anilines is 1. The van der Waals surface area contributed by atoms with Gasteiger partial charge in [0.1, 0.15) is 0 Å². The topological polar surface area (TPSA) is 102 Å². The van der Waals surface area contributed by atoms with Gasteiger partial charge in [0.15, 0.2) is 0 Å². The minimum absolute atomic E-state index is 0.0202. The summed E-state index contributed by atoms with van der Waals surface area (Å²) in [6.45, 7) is 6.35. The molecule has 1 aromatic rings. The van der Waals surface area contributed by atoms with Crippen LogP contribution in [0.1, 0.15) is 20.3 Å². The average molecular weight is 341 g/mol. The number of carbonyl (C=O) groups excluding carboxylic acids is 1. The number of amides is 1. The molecule has 128 valence electrons. The summed E-state index contributed by atoms with van der Waals surface area (Å²) in [6.07, 6.45) is 0.719. The molecule has 0 aliphatic carbocycles. The number of benzene rings is 1. The molecular weight excluding hydrogens is 318 g/mol. The molecule has 0 aromatic heterocycles. The van der Waals surface area contributed by atoms with Gasteiger partial charge in [-0.05, 0) is 38.1 Å². The minimum Gasteiger partial charge on any atom is -0.373 e. The fraction of sp³-hybridized carbons (Fsp3) is 0.533. The zero-order valence-electron chi connectivity index (χ0n) is 13.4. The van der Waals surface area contributed by atoms with Gasteiger partial charge in [-0.15, -0.1) is 0 Å². The third kappa shape index (κ3) is 5.58. The Kier molecular flexibility index (Phi) is 5.74. The van der Waals surface area contributed by atoms with Crippen LogP contribution in [0.3, 0.4) is 0 Å². The van der Waals surface area contributed by atoms with E-state index in [4.69, 9.17) is 9.88 Å². The van der Waals surface area contributed by atoms with Gasteiger partial charge < -0.3 is 10.1 Å². The van der Waals surface area contributed by atoms with Crippen molar-refractivity contribution in [3.63, 3.8) is 0 Å². The molecule has 1 aromatic carbocycles. The molecule has 0 radical (unpaired) electrons. The predicted octanol–water partition coefficient (Wildman–Crippen LogP) is 0.772. The maximum absolute atomic E-state index is 12.0. The molecule has 3 N–H and O–H groups in total. The first-order valence-corrected chi connectivity index (χ1v) is 9.09. The molecule has 1 saturated heterocycles. The van der Waals surface area contributed by atoms with E-state index in [2.05, 4.69) is 10.2 Å². The first kappa shape index (κ1) is 17.9.